The van der Waals surface area contributed by atoms with Crippen LogP contribution in [-0.2, 0) is 11.2 Å². The maximum absolute atomic E-state index is 12.9. The number of rotatable bonds is 5. The Bertz CT molecular complexity index is 354. The van der Waals surface area contributed by atoms with Crippen LogP contribution in [0.3, 0.4) is 0 Å². The van der Waals surface area contributed by atoms with E-state index in [0.29, 0.717) is 17.9 Å². The molecular formula is C13H16F2O. The summed E-state index contributed by atoms with van der Waals surface area (Å²) in [5.74, 6) is -0.914. The lowest BCUT2D eigenvalue weighted by atomic mass is 9.98. The molecule has 1 atom stereocenters. The molecule has 1 aromatic rings. The first-order valence-corrected chi connectivity index (χ1v) is 5.48. The molecule has 1 nitrogen and oxygen atoms in total. The van der Waals surface area contributed by atoms with Gasteiger partial charge in [0.1, 0.15) is 17.4 Å². The number of halogens is 2. The van der Waals surface area contributed by atoms with Crippen LogP contribution in [-0.4, -0.2) is 5.78 Å². The number of Topliss-reactive ketones (excluding diaryl/α,β-unsaturated/α-hetero) is 1. The zero-order valence-corrected chi connectivity index (χ0v) is 9.59. The van der Waals surface area contributed by atoms with E-state index >= 15 is 0 Å². The van der Waals surface area contributed by atoms with Crippen LogP contribution in [0.25, 0.3) is 0 Å². The molecule has 88 valence electrons. The summed E-state index contributed by atoms with van der Waals surface area (Å²) in [5.41, 5.74) is 0.408. The lowest BCUT2D eigenvalue weighted by Gasteiger charge is -2.07. The second-order valence-corrected chi connectivity index (χ2v) is 4.21. The van der Waals surface area contributed by atoms with Gasteiger partial charge in [-0.2, -0.15) is 0 Å². The summed E-state index contributed by atoms with van der Waals surface area (Å²) >= 11 is 0. The number of carbonyl (C=O) groups is 1. The van der Waals surface area contributed by atoms with Crippen LogP contribution in [0.15, 0.2) is 18.2 Å². The Morgan fingerprint density at radius 3 is 2.31 bits per heavy atom. The maximum Gasteiger partial charge on any atom is 0.137 e. The molecule has 0 saturated heterocycles. The average Bonchev–Trinajstić information content (AvgIpc) is 2.15. The fourth-order valence-corrected chi connectivity index (χ4v) is 1.55. The van der Waals surface area contributed by atoms with Gasteiger partial charge < -0.3 is 0 Å². The summed E-state index contributed by atoms with van der Waals surface area (Å²) in [6.45, 7) is 4.00. The van der Waals surface area contributed by atoms with Gasteiger partial charge in [0.25, 0.3) is 0 Å². The molecular weight excluding hydrogens is 210 g/mol. The largest absolute Gasteiger partial charge is 0.299 e. The fraction of sp³-hybridized carbons (Fsp3) is 0.462. The number of carbonyl (C=O) groups excluding carboxylic acids is 1. The Kier molecular flexibility index (Phi) is 4.59. The van der Waals surface area contributed by atoms with E-state index in [1.165, 1.54) is 12.1 Å². The van der Waals surface area contributed by atoms with E-state index in [-0.39, 0.29) is 12.2 Å². The van der Waals surface area contributed by atoms with Crippen molar-refractivity contribution in [3.05, 3.63) is 35.4 Å². The second-order valence-electron chi connectivity index (χ2n) is 4.21. The highest BCUT2D eigenvalue weighted by atomic mass is 19.1. The van der Waals surface area contributed by atoms with E-state index in [2.05, 4.69) is 0 Å². The molecule has 0 aliphatic carbocycles. The van der Waals surface area contributed by atoms with E-state index in [1.54, 1.807) is 0 Å². The zero-order valence-electron chi connectivity index (χ0n) is 9.59. The standard InChI is InChI=1S/C13H16F2O/c1-3-9(2)4-13(16)7-10-5-11(14)8-12(15)6-10/h5-6,8-9H,3-4,7H2,1-2H3. The van der Waals surface area contributed by atoms with Gasteiger partial charge >= 0.3 is 0 Å². The van der Waals surface area contributed by atoms with Crippen molar-refractivity contribution in [2.45, 2.75) is 33.1 Å². The Morgan fingerprint density at radius 2 is 1.81 bits per heavy atom. The summed E-state index contributed by atoms with van der Waals surface area (Å²) in [5, 5.41) is 0. The van der Waals surface area contributed by atoms with Crippen LogP contribution in [0, 0.1) is 17.6 Å². The molecule has 0 heterocycles. The highest BCUT2D eigenvalue weighted by molar-refractivity contribution is 5.81. The topological polar surface area (TPSA) is 17.1 Å². The molecule has 0 bridgehead atoms. The predicted octanol–water partition coefficient (Wildman–Crippen LogP) is 3.51. The Labute approximate surface area is 94.5 Å². The van der Waals surface area contributed by atoms with Crippen molar-refractivity contribution in [3.63, 3.8) is 0 Å². The molecule has 0 saturated carbocycles. The van der Waals surface area contributed by atoms with Crippen LogP contribution in [0.5, 0.6) is 0 Å². The SMILES string of the molecule is CCC(C)CC(=O)Cc1cc(F)cc(F)c1. The van der Waals surface area contributed by atoms with Gasteiger partial charge in [-0.15, -0.1) is 0 Å². The minimum atomic E-state index is -0.633. The van der Waals surface area contributed by atoms with Gasteiger partial charge in [0.2, 0.25) is 0 Å². The highest BCUT2D eigenvalue weighted by Crippen LogP contribution is 2.12. The Balaban J connectivity index is 2.62. The first kappa shape index (κ1) is 12.8. The van der Waals surface area contributed by atoms with E-state index in [4.69, 9.17) is 0 Å². The van der Waals surface area contributed by atoms with Gasteiger partial charge in [-0.1, -0.05) is 20.3 Å². The van der Waals surface area contributed by atoms with Gasteiger partial charge in [0.15, 0.2) is 0 Å². The van der Waals surface area contributed by atoms with Crippen molar-refractivity contribution >= 4 is 5.78 Å². The summed E-state index contributed by atoms with van der Waals surface area (Å²) in [6.07, 6.45) is 1.51. The van der Waals surface area contributed by atoms with Gasteiger partial charge in [-0.3, -0.25) is 4.79 Å². The number of hydrogen-bond donors (Lipinski definition) is 0. The second kappa shape index (κ2) is 5.73. The lowest BCUT2D eigenvalue weighted by Crippen LogP contribution is -2.08. The summed E-state index contributed by atoms with van der Waals surface area (Å²) < 4.78 is 25.7. The molecule has 0 amide bonds. The predicted molar refractivity (Wildman–Crippen MR) is 59.1 cm³/mol. The molecule has 0 radical (unpaired) electrons. The maximum atomic E-state index is 12.9. The van der Waals surface area contributed by atoms with Crippen molar-refractivity contribution in [1.29, 1.82) is 0 Å². The molecule has 3 heteroatoms. The molecule has 0 aliphatic heterocycles. The molecule has 0 fully saturated rings. The molecule has 0 aromatic heterocycles. The van der Waals surface area contributed by atoms with Crippen LogP contribution in [0.1, 0.15) is 32.3 Å². The fourth-order valence-electron chi connectivity index (χ4n) is 1.55. The normalized spacial score (nSPS) is 12.5. The third-order valence-corrected chi connectivity index (χ3v) is 2.60. The third kappa shape index (κ3) is 4.09. The minimum absolute atomic E-state index is 0.0272. The lowest BCUT2D eigenvalue weighted by molar-refractivity contribution is -0.119. The molecule has 16 heavy (non-hydrogen) atoms. The van der Waals surface area contributed by atoms with E-state index in [9.17, 15) is 13.6 Å². The summed E-state index contributed by atoms with van der Waals surface area (Å²) in [7, 11) is 0. The quantitative estimate of drug-likeness (QED) is 0.750. The third-order valence-electron chi connectivity index (χ3n) is 2.60. The first-order valence-electron chi connectivity index (χ1n) is 5.48. The molecule has 0 spiro atoms. The van der Waals surface area contributed by atoms with E-state index in [1.807, 2.05) is 13.8 Å². The first-order chi connectivity index (χ1) is 7.51. The molecule has 1 unspecified atom stereocenters. The van der Waals surface area contributed by atoms with Crippen molar-refractivity contribution in [1.82, 2.24) is 0 Å². The zero-order chi connectivity index (χ0) is 12.1. The van der Waals surface area contributed by atoms with Crippen molar-refractivity contribution in [2.24, 2.45) is 5.92 Å². The van der Waals surface area contributed by atoms with Crippen molar-refractivity contribution in [2.75, 3.05) is 0 Å². The number of hydrogen-bond acceptors (Lipinski definition) is 1. The van der Waals surface area contributed by atoms with Crippen molar-refractivity contribution in [3.8, 4) is 0 Å². The van der Waals surface area contributed by atoms with Crippen LogP contribution in [0.4, 0.5) is 8.78 Å². The number of benzene rings is 1. The minimum Gasteiger partial charge on any atom is -0.299 e. The molecule has 0 N–H and O–H groups in total. The van der Waals surface area contributed by atoms with E-state index < -0.39 is 11.6 Å². The van der Waals surface area contributed by atoms with Gasteiger partial charge in [0.05, 0.1) is 0 Å². The Morgan fingerprint density at radius 1 is 1.25 bits per heavy atom. The smallest absolute Gasteiger partial charge is 0.137 e. The molecule has 1 rings (SSSR count). The summed E-state index contributed by atoms with van der Waals surface area (Å²) in [6, 6.07) is 3.22. The van der Waals surface area contributed by atoms with Crippen molar-refractivity contribution < 1.29 is 13.6 Å². The average molecular weight is 226 g/mol. The van der Waals surface area contributed by atoms with Crippen LogP contribution in [0.2, 0.25) is 0 Å². The molecule has 1 aromatic carbocycles. The summed E-state index contributed by atoms with van der Waals surface area (Å²) in [4.78, 5) is 11.6. The Hall–Kier alpha value is -1.25. The van der Waals surface area contributed by atoms with Gasteiger partial charge in [0, 0.05) is 18.9 Å². The monoisotopic (exact) mass is 226 g/mol. The van der Waals surface area contributed by atoms with Gasteiger partial charge in [-0.25, -0.2) is 8.78 Å². The van der Waals surface area contributed by atoms with Crippen LogP contribution < -0.4 is 0 Å². The molecule has 0 aliphatic rings. The highest BCUT2D eigenvalue weighted by Gasteiger charge is 2.09. The van der Waals surface area contributed by atoms with Gasteiger partial charge in [-0.05, 0) is 23.6 Å². The van der Waals surface area contributed by atoms with E-state index in [0.717, 1.165) is 12.5 Å². The number of ketones is 1. The van der Waals surface area contributed by atoms with Crippen LogP contribution >= 0.6 is 0 Å².